The van der Waals surface area contributed by atoms with Crippen molar-refractivity contribution < 1.29 is 0 Å². The summed E-state index contributed by atoms with van der Waals surface area (Å²) in [4.78, 5) is 7.75. The summed E-state index contributed by atoms with van der Waals surface area (Å²) < 4.78 is 0. The molecule has 0 spiro atoms. The van der Waals surface area contributed by atoms with Crippen LogP contribution in [0.1, 0.15) is 83.1 Å². The predicted molar refractivity (Wildman–Crippen MR) is 99.3 cm³/mol. The van der Waals surface area contributed by atoms with E-state index in [4.69, 9.17) is 4.99 Å². The molecule has 128 valence electrons. The monoisotopic (exact) mass is 306 g/mol. The first-order valence-electron chi connectivity index (χ1n) is 8.55. The highest BCUT2D eigenvalue weighted by molar-refractivity contribution is 6.00. The standard InChI is InChI=1S/C20H38N2/c1-17(2,3)14-13-15(18(4,5)6)22(20(10,11)12)16(21-14)19(7,8)9/h13,16H,1-12H3. The molecule has 22 heavy (non-hydrogen) atoms. The molecule has 2 nitrogen and oxygen atoms in total. The second-order valence-corrected chi connectivity index (χ2v) is 10.8. The largest absolute Gasteiger partial charge is 0.347 e. The van der Waals surface area contributed by atoms with Crippen LogP contribution in [0.15, 0.2) is 16.8 Å². The van der Waals surface area contributed by atoms with Gasteiger partial charge in [0.15, 0.2) is 0 Å². The van der Waals surface area contributed by atoms with Crippen LogP contribution in [0.3, 0.4) is 0 Å². The highest BCUT2D eigenvalue weighted by Gasteiger charge is 2.43. The van der Waals surface area contributed by atoms with Crippen molar-refractivity contribution in [3.63, 3.8) is 0 Å². The number of hydrogen-bond acceptors (Lipinski definition) is 2. The van der Waals surface area contributed by atoms with Gasteiger partial charge in [0, 0.05) is 33.2 Å². The van der Waals surface area contributed by atoms with Gasteiger partial charge in [-0.25, -0.2) is 0 Å². The molecule has 1 aliphatic heterocycles. The maximum absolute atomic E-state index is 5.20. The summed E-state index contributed by atoms with van der Waals surface area (Å²) in [6.45, 7) is 27.5. The molecule has 0 saturated heterocycles. The Morgan fingerprint density at radius 3 is 1.50 bits per heavy atom. The van der Waals surface area contributed by atoms with Crippen LogP contribution in [0.2, 0.25) is 0 Å². The first-order chi connectivity index (χ1) is 9.45. The summed E-state index contributed by atoms with van der Waals surface area (Å²) in [6, 6.07) is 0. The lowest BCUT2D eigenvalue weighted by Crippen LogP contribution is -2.56. The summed E-state index contributed by atoms with van der Waals surface area (Å²) >= 11 is 0. The molecular formula is C20H38N2. The Kier molecular flexibility index (Phi) is 4.71. The van der Waals surface area contributed by atoms with E-state index in [2.05, 4.69) is 94.1 Å². The third-order valence-corrected chi connectivity index (χ3v) is 4.07. The summed E-state index contributed by atoms with van der Waals surface area (Å²) in [6.07, 6.45) is 2.51. The molecule has 0 aromatic heterocycles. The lowest BCUT2D eigenvalue weighted by Gasteiger charge is -2.53. The van der Waals surface area contributed by atoms with Gasteiger partial charge in [0.25, 0.3) is 0 Å². The van der Waals surface area contributed by atoms with Gasteiger partial charge in [-0.15, -0.1) is 0 Å². The first kappa shape index (κ1) is 19.3. The maximum atomic E-state index is 5.20. The quantitative estimate of drug-likeness (QED) is 0.545. The summed E-state index contributed by atoms with van der Waals surface area (Å²) in [5, 5.41) is 0. The molecule has 2 heteroatoms. The topological polar surface area (TPSA) is 15.6 Å². The van der Waals surface area contributed by atoms with Gasteiger partial charge in [-0.3, -0.25) is 4.99 Å². The van der Waals surface area contributed by atoms with Crippen LogP contribution in [0, 0.1) is 16.2 Å². The molecule has 0 aromatic rings. The maximum Gasteiger partial charge on any atom is 0.126 e. The van der Waals surface area contributed by atoms with E-state index in [9.17, 15) is 0 Å². The third kappa shape index (κ3) is 4.14. The Balaban J connectivity index is 3.61. The molecular weight excluding hydrogens is 268 g/mol. The van der Waals surface area contributed by atoms with E-state index in [1.54, 1.807) is 0 Å². The molecule has 1 unspecified atom stereocenters. The van der Waals surface area contributed by atoms with Crippen LogP contribution in [0.4, 0.5) is 0 Å². The average molecular weight is 307 g/mol. The minimum atomic E-state index is 0.0456. The fourth-order valence-electron chi connectivity index (χ4n) is 2.85. The molecule has 0 aromatic carbocycles. The van der Waals surface area contributed by atoms with E-state index in [0.717, 1.165) is 0 Å². The van der Waals surface area contributed by atoms with Gasteiger partial charge >= 0.3 is 0 Å². The lowest BCUT2D eigenvalue weighted by atomic mass is 9.78. The van der Waals surface area contributed by atoms with Crippen LogP contribution >= 0.6 is 0 Å². The first-order valence-corrected chi connectivity index (χ1v) is 8.55. The zero-order valence-corrected chi connectivity index (χ0v) is 17.0. The van der Waals surface area contributed by atoms with Crippen molar-refractivity contribution >= 4 is 5.71 Å². The van der Waals surface area contributed by atoms with Gasteiger partial charge in [-0.05, 0) is 26.8 Å². The van der Waals surface area contributed by atoms with Crippen molar-refractivity contribution in [2.24, 2.45) is 21.2 Å². The molecule has 0 bridgehead atoms. The fourth-order valence-corrected chi connectivity index (χ4v) is 2.85. The van der Waals surface area contributed by atoms with Crippen LogP contribution < -0.4 is 0 Å². The zero-order chi connectivity index (χ0) is 17.7. The van der Waals surface area contributed by atoms with Gasteiger partial charge in [-0.1, -0.05) is 62.3 Å². The second-order valence-electron chi connectivity index (χ2n) is 10.8. The summed E-state index contributed by atoms with van der Waals surface area (Å²) in [5.41, 5.74) is 2.93. The number of aliphatic imine (C=N–C) groups is 1. The van der Waals surface area contributed by atoms with Gasteiger partial charge in [0.05, 0.1) is 0 Å². The van der Waals surface area contributed by atoms with Gasteiger partial charge in [0.2, 0.25) is 0 Å². The van der Waals surface area contributed by atoms with Crippen molar-refractivity contribution in [3.05, 3.63) is 11.8 Å². The van der Waals surface area contributed by atoms with E-state index in [0.29, 0.717) is 0 Å². The highest BCUT2D eigenvalue weighted by Crippen LogP contribution is 2.43. The highest BCUT2D eigenvalue weighted by atomic mass is 15.3. The van der Waals surface area contributed by atoms with Crippen LogP contribution in [-0.4, -0.2) is 22.3 Å². The molecule has 0 saturated carbocycles. The lowest BCUT2D eigenvalue weighted by molar-refractivity contribution is 0.0380. The van der Waals surface area contributed by atoms with E-state index >= 15 is 0 Å². The predicted octanol–water partition coefficient (Wildman–Crippen LogP) is 5.89. The van der Waals surface area contributed by atoms with E-state index < -0.39 is 0 Å². The van der Waals surface area contributed by atoms with Crippen molar-refractivity contribution in [1.82, 2.24) is 4.90 Å². The Morgan fingerprint density at radius 2 is 1.23 bits per heavy atom. The Hall–Kier alpha value is -0.790. The van der Waals surface area contributed by atoms with Crippen LogP contribution in [-0.2, 0) is 0 Å². The SMILES string of the molecule is CC(C)(C)C1=CC(C(C)(C)C)=NC(C(C)(C)C)N1C(C)(C)C. The zero-order valence-electron chi connectivity index (χ0n) is 17.0. The van der Waals surface area contributed by atoms with E-state index in [1.165, 1.54) is 11.4 Å². The minimum Gasteiger partial charge on any atom is -0.347 e. The van der Waals surface area contributed by atoms with Crippen LogP contribution in [0.5, 0.6) is 0 Å². The molecule has 1 aliphatic rings. The molecule has 1 rings (SSSR count). The van der Waals surface area contributed by atoms with Crippen molar-refractivity contribution in [1.29, 1.82) is 0 Å². The summed E-state index contributed by atoms with van der Waals surface area (Å²) in [7, 11) is 0. The Morgan fingerprint density at radius 1 is 0.773 bits per heavy atom. The van der Waals surface area contributed by atoms with Crippen LogP contribution in [0.25, 0.3) is 0 Å². The molecule has 1 atom stereocenters. The Bertz CT molecular complexity index is 468. The van der Waals surface area contributed by atoms with Gasteiger partial charge < -0.3 is 4.90 Å². The van der Waals surface area contributed by atoms with Crippen molar-refractivity contribution in [2.75, 3.05) is 0 Å². The number of nitrogens with zero attached hydrogens (tertiary/aromatic N) is 2. The molecule has 0 radical (unpaired) electrons. The van der Waals surface area contributed by atoms with Crippen molar-refractivity contribution in [3.8, 4) is 0 Å². The normalized spacial score (nSPS) is 21.6. The molecule has 0 fully saturated rings. The number of allylic oxidation sites excluding steroid dienone is 2. The van der Waals surface area contributed by atoms with E-state index in [-0.39, 0.29) is 27.9 Å². The van der Waals surface area contributed by atoms with Gasteiger partial charge in [0.1, 0.15) is 6.17 Å². The molecule has 0 N–H and O–H groups in total. The van der Waals surface area contributed by atoms with Crippen molar-refractivity contribution in [2.45, 2.75) is 94.8 Å². The van der Waals surface area contributed by atoms with Gasteiger partial charge in [-0.2, -0.15) is 0 Å². The number of rotatable bonds is 0. The summed E-state index contributed by atoms with van der Waals surface area (Å²) in [5.74, 6) is 0. The average Bonchev–Trinajstić information content (AvgIpc) is 2.22. The Labute approximate surface area is 139 Å². The minimum absolute atomic E-state index is 0.0456. The number of hydrogen-bond donors (Lipinski definition) is 0. The second kappa shape index (κ2) is 5.39. The third-order valence-electron chi connectivity index (χ3n) is 4.07. The molecule has 0 aliphatic carbocycles. The molecule has 1 heterocycles. The van der Waals surface area contributed by atoms with E-state index in [1.807, 2.05) is 0 Å². The fraction of sp³-hybridized carbons (Fsp3) is 0.850. The smallest absolute Gasteiger partial charge is 0.126 e. The molecule has 0 amide bonds.